The molecule has 64 valence electrons. The van der Waals surface area contributed by atoms with Gasteiger partial charge in [0.15, 0.2) is 0 Å². The van der Waals surface area contributed by atoms with Crippen LogP contribution < -0.4 is 0 Å². The predicted octanol–water partition coefficient (Wildman–Crippen LogP) is 2.02. The largest absolute Gasteiger partial charge is 0.519 e. The van der Waals surface area contributed by atoms with E-state index in [-0.39, 0.29) is 11.9 Å². The Balaban J connectivity index is 2.67. The number of carbonyl (C=O) groups excluding carboxylic acids is 1. The molecule has 2 nitrogen and oxygen atoms in total. The highest BCUT2D eigenvalue weighted by Crippen LogP contribution is 2.32. The predicted molar refractivity (Wildman–Crippen MR) is 46.7 cm³/mol. The van der Waals surface area contributed by atoms with E-state index in [1.807, 2.05) is 0 Å². The maximum absolute atomic E-state index is 11.2. The van der Waals surface area contributed by atoms with E-state index in [1.54, 1.807) is 0 Å². The van der Waals surface area contributed by atoms with Crippen LogP contribution in [0, 0.1) is 11.8 Å². The molecule has 1 saturated heterocycles. The van der Waals surface area contributed by atoms with E-state index in [0.717, 1.165) is 6.04 Å². The van der Waals surface area contributed by atoms with Gasteiger partial charge in [-0.1, -0.05) is 13.8 Å². The molecule has 1 atom stereocenters. The molecular formula is C8H16O2Si. The van der Waals surface area contributed by atoms with Crippen molar-refractivity contribution in [2.75, 3.05) is 0 Å². The van der Waals surface area contributed by atoms with Crippen molar-refractivity contribution in [1.82, 2.24) is 0 Å². The molecule has 1 rings (SSSR count). The van der Waals surface area contributed by atoms with Crippen LogP contribution in [0.5, 0.6) is 0 Å². The van der Waals surface area contributed by atoms with Crippen LogP contribution >= 0.6 is 0 Å². The molecule has 0 N–H and O–H groups in total. The SMILES string of the molecule is CC(C)C1C[Si](C)(C)OC1=O. The lowest BCUT2D eigenvalue weighted by Crippen LogP contribution is -2.24. The van der Waals surface area contributed by atoms with Gasteiger partial charge in [0, 0.05) is 0 Å². The maximum atomic E-state index is 11.2. The van der Waals surface area contributed by atoms with Crippen LogP contribution in [0.4, 0.5) is 0 Å². The minimum absolute atomic E-state index is 0.0386. The Kier molecular flexibility index (Phi) is 2.10. The van der Waals surface area contributed by atoms with Crippen LogP contribution in [-0.2, 0) is 9.22 Å². The minimum Gasteiger partial charge on any atom is -0.519 e. The average molecular weight is 172 g/mol. The van der Waals surface area contributed by atoms with Gasteiger partial charge in [-0.05, 0) is 25.1 Å². The zero-order chi connectivity index (χ0) is 8.65. The first-order valence-corrected chi connectivity index (χ1v) is 7.27. The zero-order valence-electron chi connectivity index (χ0n) is 7.68. The van der Waals surface area contributed by atoms with Crippen LogP contribution in [0.3, 0.4) is 0 Å². The third-order valence-corrected chi connectivity index (χ3v) is 4.37. The monoisotopic (exact) mass is 172 g/mol. The fraction of sp³-hybridized carbons (Fsp3) is 0.875. The lowest BCUT2D eigenvalue weighted by Gasteiger charge is -2.11. The first kappa shape index (κ1) is 8.78. The Morgan fingerprint density at radius 1 is 1.55 bits per heavy atom. The standard InChI is InChI=1S/C8H16O2Si/c1-6(2)7-5-11(3,4)10-8(7)9/h6-7H,5H2,1-4H3. The minimum atomic E-state index is -1.58. The molecule has 1 fully saturated rings. The Labute approximate surface area is 69.1 Å². The van der Waals surface area contributed by atoms with E-state index in [4.69, 9.17) is 4.43 Å². The number of carbonyl (C=O) groups is 1. The van der Waals surface area contributed by atoms with E-state index < -0.39 is 8.32 Å². The van der Waals surface area contributed by atoms with Crippen molar-refractivity contribution >= 4 is 14.3 Å². The lowest BCUT2D eigenvalue weighted by atomic mass is 9.99. The molecular weight excluding hydrogens is 156 g/mol. The summed E-state index contributed by atoms with van der Waals surface area (Å²) in [6.45, 7) is 8.38. The summed E-state index contributed by atoms with van der Waals surface area (Å²) in [4.78, 5) is 11.2. The van der Waals surface area contributed by atoms with Crippen LogP contribution in [-0.4, -0.2) is 14.3 Å². The molecule has 1 heterocycles. The van der Waals surface area contributed by atoms with Gasteiger partial charge in [0.1, 0.15) is 0 Å². The molecule has 0 aromatic carbocycles. The second-order valence-corrected chi connectivity index (χ2v) is 8.37. The number of hydrogen-bond acceptors (Lipinski definition) is 2. The van der Waals surface area contributed by atoms with Gasteiger partial charge in [0.25, 0.3) is 5.97 Å². The highest BCUT2D eigenvalue weighted by atomic mass is 28.4. The molecule has 3 heteroatoms. The van der Waals surface area contributed by atoms with Gasteiger partial charge in [0.2, 0.25) is 8.32 Å². The summed E-state index contributed by atoms with van der Waals surface area (Å²) in [5, 5.41) is 0. The Morgan fingerprint density at radius 3 is 2.27 bits per heavy atom. The Hall–Kier alpha value is -0.313. The summed E-state index contributed by atoms with van der Waals surface area (Å²) in [6.07, 6.45) is 0. The summed E-state index contributed by atoms with van der Waals surface area (Å²) in [5.41, 5.74) is 0. The molecule has 0 aromatic heterocycles. The van der Waals surface area contributed by atoms with E-state index in [9.17, 15) is 4.79 Å². The van der Waals surface area contributed by atoms with Crippen molar-refractivity contribution in [1.29, 1.82) is 0 Å². The third-order valence-electron chi connectivity index (χ3n) is 2.20. The molecule has 0 radical (unpaired) electrons. The van der Waals surface area contributed by atoms with Gasteiger partial charge in [-0.15, -0.1) is 0 Å². The Bertz CT molecular complexity index is 175. The molecule has 0 amide bonds. The summed E-state index contributed by atoms with van der Waals surface area (Å²) >= 11 is 0. The molecule has 0 bridgehead atoms. The first-order valence-electron chi connectivity index (χ1n) is 4.15. The van der Waals surface area contributed by atoms with E-state index in [1.165, 1.54) is 0 Å². The summed E-state index contributed by atoms with van der Waals surface area (Å²) in [5.74, 6) is 0.658. The summed E-state index contributed by atoms with van der Waals surface area (Å²) in [7, 11) is -1.58. The molecule has 1 unspecified atom stereocenters. The molecule has 1 aliphatic heterocycles. The highest BCUT2D eigenvalue weighted by Gasteiger charge is 2.43. The van der Waals surface area contributed by atoms with Gasteiger partial charge in [-0.2, -0.15) is 0 Å². The van der Waals surface area contributed by atoms with Crippen molar-refractivity contribution in [3.8, 4) is 0 Å². The van der Waals surface area contributed by atoms with E-state index in [0.29, 0.717) is 5.92 Å². The molecule has 1 aliphatic rings. The zero-order valence-corrected chi connectivity index (χ0v) is 8.68. The quantitative estimate of drug-likeness (QED) is 0.566. The van der Waals surface area contributed by atoms with Crippen LogP contribution in [0.25, 0.3) is 0 Å². The fourth-order valence-corrected chi connectivity index (χ4v) is 3.99. The molecule has 0 aliphatic carbocycles. The maximum Gasteiger partial charge on any atom is 0.295 e. The second-order valence-electron chi connectivity index (χ2n) is 4.24. The molecule has 11 heavy (non-hydrogen) atoms. The fourth-order valence-electron chi connectivity index (χ4n) is 1.51. The second kappa shape index (κ2) is 2.63. The normalized spacial score (nSPS) is 29.2. The lowest BCUT2D eigenvalue weighted by molar-refractivity contribution is -0.137. The van der Waals surface area contributed by atoms with Crippen molar-refractivity contribution < 1.29 is 9.22 Å². The first-order chi connectivity index (χ1) is 4.92. The van der Waals surface area contributed by atoms with Crippen molar-refractivity contribution in [2.24, 2.45) is 11.8 Å². The van der Waals surface area contributed by atoms with Gasteiger partial charge >= 0.3 is 0 Å². The summed E-state index contributed by atoms with van der Waals surface area (Å²) < 4.78 is 5.32. The number of rotatable bonds is 1. The topological polar surface area (TPSA) is 26.3 Å². The average Bonchev–Trinajstić information content (AvgIpc) is 2.05. The van der Waals surface area contributed by atoms with Gasteiger partial charge in [-0.3, -0.25) is 4.79 Å². The molecule has 0 saturated carbocycles. The van der Waals surface area contributed by atoms with Crippen molar-refractivity contribution in [3.05, 3.63) is 0 Å². The van der Waals surface area contributed by atoms with Crippen LogP contribution in [0.1, 0.15) is 13.8 Å². The van der Waals surface area contributed by atoms with E-state index >= 15 is 0 Å². The molecule has 0 aromatic rings. The van der Waals surface area contributed by atoms with E-state index in [2.05, 4.69) is 26.9 Å². The van der Waals surface area contributed by atoms with Crippen LogP contribution in [0.15, 0.2) is 0 Å². The van der Waals surface area contributed by atoms with Gasteiger partial charge in [-0.25, -0.2) is 0 Å². The summed E-state index contributed by atoms with van der Waals surface area (Å²) in [6, 6.07) is 1.00. The van der Waals surface area contributed by atoms with Crippen molar-refractivity contribution in [3.63, 3.8) is 0 Å². The smallest absolute Gasteiger partial charge is 0.295 e. The van der Waals surface area contributed by atoms with Gasteiger partial charge < -0.3 is 4.43 Å². The molecule has 0 spiro atoms. The van der Waals surface area contributed by atoms with Gasteiger partial charge in [0.05, 0.1) is 5.92 Å². The highest BCUT2D eigenvalue weighted by molar-refractivity contribution is 6.74. The van der Waals surface area contributed by atoms with Crippen molar-refractivity contribution in [2.45, 2.75) is 33.0 Å². The van der Waals surface area contributed by atoms with Crippen LogP contribution in [0.2, 0.25) is 19.1 Å². The number of hydrogen-bond donors (Lipinski definition) is 0. The third kappa shape index (κ3) is 1.83. The Morgan fingerprint density at radius 2 is 2.09 bits per heavy atom.